The summed E-state index contributed by atoms with van der Waals surface area (Å²) in [6.45, 7) is 0. The molecule has 1 fully saturated rings. The van der Waals surface area contributed by atoms with E-state index in [4.69, 9.17) is 37.7 Å². The van der Waals surface area contributed by atoms with Gasteiger partial charge in [0.1, 0.15) is 11.5 Å². The number of aliphatic imine (C=N–C) groups is 1. The summed E-state index contributed by atoms with van der Waals surface area (Å²) < 4.78 is 35.5. The second-order valence-corrected chi connectivity index (χ2v) is 11.0. The number of nitrogens with zero attached hydrogens (tertiary/aromatic N) is 2. The number of thioether (sulfide) groups is 1. The second-order valence-electron chi connectivity index (χ2n) is 7.07. The first kappa shape index (κ1) is 21.6. The molecule has 160 valence electrons. The van der Waals surface area contributed by atoms with Crippen molar-refractivity contribution in [3.05, 3.63) is 52.0 Å². The number of ether oxygens (including phenoxy) is 2. The van der Waals surface area contributed by atoms with Crippen molar-refractivity contribution >= 4 is 55.7 Å². The number of amidine groups is 1. The first-order chi connectivity index (χ1) is 14.3. The summed E-state index contributed by atoms with van der Waals surface area (Å²) in [6, 6.07) is 10.4. The van der Waals surface area contributed by atoms with E-state index in [1.165, 1.54) is 11.8 Å². The van der Waals surface area contributed by atoms with Gasteiger partial charge in [-0.3, -0.25) is 4.99 Å². The maximum absolute atomic E-state index is 12.3. The molecule has 2 aliphatic rings. The normalized spacial score (nSPS) is 22.0. The van der Waals surface area contributed by atoms with Crippen LogP contribution in [-0.4, -0.2) is 51.4 Å². The van der Waals surface area contributed by atoms with Crippen LogP contribution in [0.25, 0.3) is 0 Å². The molecule has 6 nitrogen and oxygen atoms in total. The van der Waals surface area contributed by atoms with Gasteiger partial charge in [-0.1, -0.05) is 41.0 Å². The number of hydrogen-bond donors (Lipinski definition) is 0. The van der Waals surface area contributed by atoms with Crippen LogP contribution in [0.5, 0.6) is 11.5 Å². The summed E-state index contributed by atoms with van der Waals surface area (Å²) in [5, 5.41) is 1.75. The lowest BCUT2D eigenvalue weighted by Gasteiger charge is -2.28. The molecular weight excluding hydrogens is 467 g/mol. The predicted octanol–water partition coefficient (Wildman–Crippen LogP) is 4.29. The summed E-state index contributed by atoms with van der Waals surface area (Å²) in [6.07, 6.45) is 0. The first-order valence-electron chi connectivity index (χ1n) is 9.17. The Morgan fingerprint density at radius 2 is 1.90 bits per heavy atom. The van der Waals surface area contributed by atoms with Crippen molar-refractivity contribution in [3.8, 4) is 11.5 Å². The Kier molecular flexibility index (Phi) is 6.12. The van der Waals surface area contributed by atoms with E-state index in [-0.39, 0.29) is 23.6 Å². The highest BCUT2D eigenvalue weighted by atomic mass is 35.5. The summed E-state index contributed by atoms with van der Waals surface area (Å²) >= 11 is 13.7. The summed E-state index contributed by atoms with van der Waals surface area (Å²) in [7, 11) is 0.0322. The van der Waals surface area contributed by atoms with Crippen molar-refractivity contribution in [2.45, 2.75) is 17.8 Å². The molecule has 4 rings (SSSR count). The van der Waals surface area contributed by atoms with Gasteiger partial charge in [0.2, 0.25) is 0 Å². The van der Waals surface area contributed by atoms with E-state index >= 15 is 0 Å². The van der Waals surface area contributed by atoms with E-state index in [2.05, 4.69) is 0 Å². The van der Waals surface area contributed by atoms with Crippen LogP contribution < -0.4 is 14.4 Å². The average molecular weight is 487 g/mol. The smallest absolute Gasteiger partial charge is 0.164 e. The van der Waals surface area contributed by atoms with Crippen LogP contribution in [0.1, 0.15) is 5.56 Å². The standard InChI is InChI=1S/C20H20Cl2N2O4S2/c1-27-13-4-6-19(28-2)17(8-13)24-18-11-30(25,26)10-16(18)23-20(24)29-9-12-3-5-14(21)15(22)7-12/h3-8,16,18H,9-11H2,1-2H3/t16-,18+/m1/s1. The van der Waals surface area contributed by atoms with Gasteiger partial charge in [0.15, 0.2) is 15.0 Å². The number of halogens is 2. The highest BCUT2D eigenvalue weighted by Crippen LogP contribution is 2.41. The highest BCUT2D eigenvalue weighted by molar-refractivity contribution is 8.13. The van der Waals surface area contributed by atoms with E-state index in [9.17, 15) is 8.42 Å². The van der Waals surface area contributed by atoms with Gasteiger partial charge in [0.05, 0.1) is 53.5 Å². The van der Waals surface area contributed by atoms with E-state index in [1.807, 2.05) is 29.2 Å². The zero-order valence-electron chi connectivity index (χ0n) is 16.3. The first-order valence-corrected chi connectivity index (χ1v) is 12.7. The predicted molar refractivity (Wildman–Crippen MR) is 123 cm³/mol. The van der Waals surface area contributed by atoms with E-state index in [1.54, 1.807) is 26.4 Å². The fourth-order valence-corrected chi connectivity index (χ4v) is 6.90. The van der Waals surface area contributed by atoms with Crippen LogP contribution in [0.15, 0.2) is 41.4 Å². The van der Waals surface area contributed by atoms with Gasteiger partial charge in [-0.2, -0.15) is 0 Å². The van der Waals surface area contributed by atoms with Crippen molar-refractivity contribution in [1.82, 2.24) is 0 Å². The molecule has 1 saturated heterocycles. The molecule has 0 unspecified atom stereocenters. The zero-order valence-corrected chi connectivity index (χ0v) is 19.5. The largest absolute Gasteiger partial charge is 0.497 e. The molecule has 0 aliphatic carbocycles. The molecule has 30 heavy (non-hydrogen) atoms. The maximum atomic E-state index is 12.3. The Hall–Kier alpha value is -1.61. The van der Waals surface area contributed by atoms with Gasteiger partial charge < -0.3 is 14.4 Å². The molecule has 2 aromatic rings. The third-order valence-corrected chi connectivity index (χ3v) is 8.58. The number of fused-ring (bicyclic) bond motifs is 1. The quantitative estimate of drug-likeness (QED) is 0.627. The minimum absolute atomic E-state index is 0.0529. The number of anilines is 1. The second kappa shape index (κ2) is 8.49. The van der Waals surface area contributed by atoms with Gasteiger partial charge >= 0.3 is 0 Å². The Bertz CT molecular complexity index is 1110. The van der Waals surface area contributed by atoms with Crippen LogP contribution in [0, 0.1) is 0 Å². The third-order valence-electron chi connectivity index (χ3n) is 5.11. The van der Waals surface area contributed by atoms with Gasteiger partial charge in [-0.05, 0) is 29.8 Å². The number of methoxy groups -OCH3 is 2. The topological polar surface area (TPSA) is 68.2 Å². The minimum atomic E-state index is -3.14. The van der Waals surface area contributed by atoms with Crippen LogP contribution >= 0.6 is 35.0 Å². The zero-order chi connectivity index (χ0) is 21.5. The summed E-state index contributed by atoms with van der Waals surface area (Å²) in [4.78, 5) is 6.73. The maximum Gasteiger partial charge on any atom is 0.164 e. The molecule has 2 heterocycles. The highest BCUT2D eigenvalue weighted by Gasteiger charge is 2.47. The number of rotatable bonds is 5. The van der Waals surface area contributed by atoms with Gasteiger partial charge in [0.25, 0.3) is 0 Å². The molecule has 0 spiro atoms. The lowest BCUT2D eigenvalue weighted by atomic mass is 10.1. The van der Waals surface area contributed by atoms with Gasteiger partial charge in [-0.25, -0.2) is 8.42 Å². The van der Waals surface area contributed by atoms with Crippen molar-refractivity contribution in [2.75, 3.05) is 30.6 Å². The van der Waals surface area contributed by atoms with Gasteiger partial charge in [0, 0.05) is 11.8 Å². The van der Waals surface area contributed by atoms with Crippen LogP contribution in [0.3, 0.4) is 0 Å². The minimum Gasteiger partial charge on any atom is -0.497 e. The number of sulfone groups is 1. The monoisotopic (exact) mass is 486 g/mol. The van der Waals surface area contributed by atoms with Crippen molar-refractivity contribution in [3.63, 3.8) is 0 Å². The average Bonchev–Trinajstić information content (AvgIpc) is 3.19. The molecule has 2 aliphatic heterocycles. The van der Waals surface area contributed by atoms with Crippen LogP contribution in [0.2, 0.25) is 10.0 Å². The lowest BCUT2D eigenvalue weighted by molar-refractivity contribution is 0.403. The molecular formula is C20H20Cl2N2O4S2. The molecule has 0 radical (unpaired) electrons. The van der Waals surface area contributed by atoms with E-state index < -0.39 is 9.84 Å². The molecule has 0 aromatic heterocycles. The Morgan fingerprint density at radius 1 is 1.10 bits per heavy atom. The number of benzene rings is 2. The molecule has 0 N–H and O–H groups in total. The van der Waals surface area contributed by atoms with Gasteiger partial charge in [-0.15, -0.1) is 0 Å². The molecule has 2 atom stereocenters. The fourth-order valence-electron chi connectivity index (χ4n) is 3.68. The molecule has 0 saturated carbocycles. The van der Waals surface area contributed by atoms with E-state index in [0.29, 0.717) is 27.3 Å². The fraction of sp³-hybridized carbons (Fsp3) is 0.350. The SMILES string of the molecule is COc1ccc(OC)c(N2C(SCc3ccc(Cl)c(Cl)c3)=N[C@@H]3CS(=O)(=O)C[C@@H]32)c1. The summed E-state index contributed by atoms with van der Waals surface area (Å²) in [5.41, 5.74) is 1.74. The Morgan fingerprint density at radius 3 is 2.60 bits per heavy atom. The van der Waals surface area contributed by atoms with E-state index in [0.717, 1.165) is 16.4 Å². The Labute approximate surface area is 190 Å². The summed E-state index contributed by atoms with van der Waals surface area (Å²) in [5.74, 6) is 2.01. The van der Waals surface area contributed by atoms with Crippen molar-refractivity contribution in [1.29, 1.82) is 0 Å². The molecule has 2 aromatic carbocycles. The molecule has 10 heteroatoms. The third kappa shape index (κ3) is 4.23. The van der Waals surface area contributed by atoms with Crippen molar-refractivity contribution < 1.29 is 17.9 Å². The van der Waals surface area contributed by atoms with Crippen LogP contribution in [0.4, 0.5) is 5.69 Å². The molecule has 0 amide bonds. The lowest BCUT2D eigenvalue weighted by Crippen LogP contribution is -2.39. The van der Waals surface area contributed by atoms with Crippen LogP contribution in [-0.2, 0) is 15.6 Å². The molecule has 0 bridgehead atoms. The number of hydrogen-bond acceptors (Lipinski definition) is 7. The Balaban J connectivity index is 1.68. The van der Waals surface area contributed by atoms with Crippen molar-refractivity contribution in [2.24, 2.45) is 4.99 Å².